The number of ether oxygens (including phenoxy) is 1. The second-order valence-electron chi connectivity index (χ2n) is 2.47. The smallest absolute Gasteiger partial charge is 0.318 e. The van der Waals surface area contributed by atoms with Gasteiger partial charge in [-0.25, -0.2) is 0 Å². The summed E-state index contributed by atoms with van der Waals surface area (Å²) in [6.45, 7) is 0. The highest BCUT2D eigenvalue weighted by Crippen LogP contribution is 2.16. The van der Waals surface area contributed by atoms with Crippen molar-refractivity contribution in [1.82, 2.24) is 15.0 Å². The lowest BCUT2D eigenvalue weighted by Crippen LogP contribution is -1.99. The van der Waals surface area contributed by atoms with Crippen molar-refractivity contribution in [3.05, 3.63) is 18.3 Å². The number of anilines is 1. The Labute approximate surface area is 74.6 Å². The van der Waals surface area contributed by atoms with Crippen LogP contribution in [-0.4, -0.2) is 22.1 Å². The summed E-state index contributed by atoms with van der Waals surface area (Å²) < 4.78 is 4.87. The predicted molar refractivity (Wildman–Crippen MR) is 48.3 cm³/mol. The Morgan fingerprint density at radius 2 is 2.23 bits per heavy atom. The van der Waals surface area contributed by atoms with Crippen LogP contribution in [-0.2, 0) is 0 Å². The van der Waals surface area contributed by atoms with Crippen molar-refractivity contribution in [3.8, 4) is 6.01 Å². The zero-order valence-corrected chi connectivity index (χ0v) is 7.06. The molecule has 0 fully saturated rings. The highest BCUT2D eigenvalue weighted by atomic mass is 16.5. The molecule has 2 aromatic rings. The Bertz CT molecular complexity index is 443. The van der Waals surface area contributed by atoms with Gasteiger partial charge in [-0.2, -0.15) is 9.97 Å². The van der Waals surface area contributed by atoms with Crippen molar-refractivity contribution in [1.29, 1.82) is 0 Å². The van der Waals surface area contributed by atoms with Crippen LogP contribution >= 0.6 is 0 Å². The van der Waals surface area contributed by atoms with Crippen LogP contribution in [0.2, 0.25) is 0 Å². The van der Waals surface area contributed by atoms with Crippen LogP contribution in [0, 0.1) is 0 Å². The summed E-state index contributed by atoms with van der Waals surface area (Å²) in [4.78, 5) is 12.0. The minimum absolute atomic E-state index is 0.262. The minimum Gasteiger partial charge on any atom is -0.467 e. The number of nitrogen functional groups attached to an aromatic ring is 1. The van der Waals surface area contributed by atoms with E-state index in [1.807, 2.05) is 6.07 Å². The van der Waals surface area contributed by atoms with Crippen LogP contribution in [0.25, 0.3) is 11.0 Å². The molecule has 0 aliphatic rings. The van der Waals surface area contributed by atoms with Gasteiger partial charge < -0.3 is 10.5 Å². The largest absolute Gasteiger partial charge is 0.467 e. The molecule has 0 saturated carbocycles. The summed E-state index contributed by atoms with van der Waals surface area (Å²) in [6, 6.07) is 3.86. The maximum atomic E-state index is 5.64. The molecule has 0 amide bonds. The molecule has 2 aromatic heterocycles. The van der Waals surface area contributed by atoms with Crippen molar-refractivity contribution < 1.29 is 4.74 Å². The summed E-state index contributed by atoms with van der Waals surface area (Å²) in [5, 5.41) is 0. The van der Waals surface area contributed by atoms with Gasteiger partial charge in [0.2, 0.25) is 0 Å². The van der Waals surface area contributed by atoms with Gasteiger partial charge >= 0.3 is 6.01 Å². The van der Waals surface area contributed by atoms with Crippen molar-refractivity contribution in [2.24, 2.45) is 0 Å². The fraction of sp³-hybridized carbons (Fsp3) is 0.125. The molecule has 0 radical (unpaired) electrons. The molecule has 5 nitrogen and oxygen atoms in total. The van der Waals surface area contributed by atoms with Gasteiger partial charge in [-0.1, -0.05) is 0 Å². The van der Waals surface area contributed by atoms with Crippen molar-refractivity contribution >= 4 is 16.9 Å². The molecule has 0 atom stereocenters. The highest BCUT2D eigenvalue weighted by Gasteiger charge is 2.04. The first kappa shape index (κ1) is 7.72. The average Bonchev–Trinajstić information content (AvgIpc) is 2.18. The van der Waals surface area contributed by atoms with Gasteiger partial charge in [-0.3, -0.25) is 4.98 Å². The van der Waals surface area contributed by atoms with Crippen molar-refractivity contribution in [3.63, 3.8) is 0 Å². The molecule has 5 heteroatoms. The average molecular weight is 176 g/mol. The van der Waals surface area contributed by atoms with Crippen LogP contribution in [0.3, 0.4) is 0 Å². The quantitative estimate of drug-likeness (QED) is 0.689. The van der Waals surface area contributed by atoms with E-state index in [-0.39, 0.29) is 6.01 Å². The number of nitrogens with two attached hydrogens (primary N) is 1. The number of hydrogen-bond acceptors (Lipinski definition) is 5. The third-order valence-corrected chi connectivity index (χ3v) is 1.64. The van der Waals surface area contributed by atoms with E-state index in [4.69, 9.17) is 10.5 Å². The lowest BCUT2D eigenvalue weighted by Gasteiger charge is -2.01. The number of fused-ring (bicyclic) bond motifs is 1. The fourth-order valence-electron chi connectivity index (χ4n) is 1.06. The van der Waals surface area contributed by atoms with E-state index in [9.17, 15) is 0 Å². The number of hydrogen-bond donors (Lipinski definition) is 1. The number of nitrogens with zero attached hydrogens (tertiary/aromatic N) is 3. The lowest BCUT2D eigenvalue weighted by molar-refractivity contribution is 0.382. The number of aromatic nitrogens is 3. The van der Waals surface area contributed by atoms with Gasteiger partial charge in [-0.15, -0.1) is 0 Å². The van der Waals surface area contributed by atoms with E-state index < -0.39 is 0 Å². The van der Waals surface area contributed by atoms with Gasteiger partial charge in [0.25, 0.3) is 0 Å². The van der Waals surface area contributed by atoms with Gasteiger partial charge in [0.05, 0.1) is 12.6 Å². The Hall–Kier alpha value is -1.91. The molecule has 66 valence electrons. The number of methoxy groups -OCH3 is 1. The topological polar surface area (TPSA) is 73.9 Å². The molecule has 0 saturated heterocycles. The van der Waals surface area contributed by atoms with E-state index in [2.05, 4.69) is 15.0 Å². The fourth-order valence-corrected chi connectivity index (χ4v) is 1.06. The molecule has 0 unspecified atom stereocenters. The van der Waals surface area contributed by atoms with Crippen LogP contribution < -0.4 is 10.5 Å². The minimum atomic E-state index is 0.262. The summed E-state index contributed by atoms with van der Waals surface area (Å²) in [7, 11) is 1.50. The molecule has 13 heavy (non-hydrogen) atoms. The standard InChI is InChI=1S/C8H8N4O/c1-13-8-11-5-3-2-4-10-6(5)7(9)12-8/h2-4H,1H3,(H2,9,11,12). The SMILES string of the molecule is COc1nc(N)c2ncccc2n1. The first-order valence-electron chi connectivity index (χ1n) is 3.73. The monoisotopic (exact) mass is 176 g/mol. The lowest BCUT2D eigenvalue weighted by atomic mass is 10.3. The number of rotatable bonds is 1. The van der Waals surface area contributed by atoms with E-state index in [1.165, 1.54) is 7.11 Å². The second-order valence-corrected chi connectivity index (χ2v) is 2.47. The van der Waals surface area contributed by atoms with E-state index in [1.54, 1.807) is 12.3 Å². The highest BCUT2D eigenvalue weighted by molar-refractivity contribution is 5.83. The van der Waals surface area contributed by atoms with Crippen LogP contribution in [0.5, 0.6) is 6.01 Å². The number of pyridine rings is 1. The van der Waals surface area contributed by atoms with Crippen molar-refractivity contribution in [2.75, 3.05) is 12.8 Å². The van der Waals surface area contributed by atoms with Crippen LogP contribution in [0.15, 0.2) is 18.3 Å². The third-order valence-electron chi connectivity index (χ3n) is 1.64. The van der Waals surface area contributed by atoms with Gasteiger partial charge in [-0.05, 0) is 12.1 Å². The maximum Gasteiger partial charge on any atom is 0.318 e. The Morgan fingerprint density at radius 1 is 1.38 bits per heavy atom. The Morgan fingerprint density at radius 3 is 3.00 bits per heavy atom. The molecular weight excluding hydrogens is 168 g/mol. The molecule has 2 heterocycles. The Balaban J connectivity index is 2.77. The molecule has 2 N–H and O–H groups in total. The molecule has 2 rings (SSSR count). The summed E-state index contributed by atoms with van der Waals surface area (Å²) in [5.41, 5.74) is 6.93. The maximum absolute atomic E-state index is 5.64. The van der Waals surface area contributed by atoms with Gasteiger partial charge in [0.1, 0.15) is 5.52 Å². The summed E-state index contributed by atoms with van der Waals surface area (Å²) >= 11 is 0. The third kappa shape index (κ3) is 1.24. The van der Waals surface area contributed by atoms with E-state index >= 15 is 0 Å². The normalized spacial score (nSPS) is 10.2. The molecular formula is C8H8N4O. The molecule has 0 aliphatic carbocycles. The van der Waals surface area contributed by atoms with E-state index in [0.717, 1.165) is 0 Å². The van der Waals surface area contributed by atoms with Crippen molar-refractivity contribution in [2.45, 2.75) is 0 Å². The van der Waals surface area contributed by atoms with Crippen LogP contribution in [0.1, 0.15) is 0 Å². The van der Waals surface area contributed by atoms with Crippen LogP contribution in [0.4, 0.5) is 5.82 Å². The zero-order chi connectivity index (χ0) is 9.26. The molecule has 0 bridgehead atoms. The van der Waals surface area contributed by atoms with Gasteiger partial charge in [0.15, 0.2) is 5.82 Å². The zero-order valence-electron chi connectivity index (χ0n) is 7.06. The summed E-state index contributed by atoms with van der Waals surface area (Å²) in [5.74, 6) is 0.336. The Kier molecular flexibility index (Phi) is 1.70. The van der Waals surface area contributed by atoms with Gasteiger partial charge in [0, 0.05) is 6.20 Å². The molecule has 0 aromatic carbocycles. The second kappa shape index (κ2) is 2.85. The van der Waals surface area contributed by atoms with E-state index in [0.29, 0.717) is 16.9 Å². The first-order valence-corrected chi connectivity index (χ1v) is 3.73. The predicted octanol–water partition coefficient (Wildman–Crippen LogP) is 0.616. The first-order chi connectivity index (χ1) is 6.31. The molecule has 0 spiro atoms. The molecule has 0 aliphatic heterocycles. The summed E-state index contributed by atoms with van der Waals surface area (Å²) in [6.07, 6.45) is 1.65.